The third kappa shape index (κ3) is 3.17. The summed E-state index contributed by atoms with van der Waals surface area (Å²) in [6, 6.07) is 4.21. The molecule has 2 N–H and O–H groups in total. The number of aryl methyl sites for hydroxylation is 1. The van der Waals surface area contributed by atoms with Gasteiger partial charge in [0, 0.05) is 12.5 Å². The molecule has 2 rings (SSSR count). The molecular weight excluding hydrogens is 281 g/mol. The Kier molecular flexibility index (Phi) is 4.39. The molecule has 2 aromatic rings. The summed E-state index contributed by atoms with van der Waals surface area (Å²) < 4.78 is 19.0. The van der Waals surface area contributed by atoms with E-state index < -0.39 is 5.82 Å². The van der Waals surface area contributed by atoms with Crippen LogP contribution in [0.1, 0.15) is 24.7 Å². The molecule has 0 aliphatic heterocycles. The molecule has 0 aliphatic carbocycles. The lowest BCUT2D eigenvalue weighted by molar-refractivity contribution is 0.450. The zero-order valence-electron chi connectivity index (χ0n) is 11.3. The molecule has 1 aromatic carbocycles. The van der Waals surface area contributed by atoms with Crippen molar-refractivity contribution in [3.8, 4) is 11.6 Å². The van der Waals surface area contributed by atoms with E-state index in [1.807, 2.05) is 6.92 Å². The highest BCUT2D eigenvalue weighted by molar-refractivity contribution is 6.30. The van der Waals surface area contributed by atoms with Crippen molar-refractivity contribution < 1.29 is 9.13 Å². The molecule has 0 atom stereocenters. The molecule has 0 saturated heterocycles. The lowest BCUT2D eigenvalue weighted by Crippen LogP contribution is -2.05. The first kappa shape index (κ1) is 14.5. The van der Waals surface area contributed by atoms with E-state index >= 15 is 0 Å². The number of rotatable bonds is 4. The number of hydrogen-bond donors (Lipinski definition) is 1. The highest BCUT2D eigenvalue weighted by Crippen LogP contribution is 2.28. The fourth-order valence-electron chi connectivity index (χ4n) is 1.65. The topological polar surface area (TPSA) is 61.0 Å². The minimum Gasteiger partial charge on any atom is -0.438 e. The molecule has 0 radical (unpaired) electrons. The molecule has 0 fully saturated rings. The number of aromatic nitrogens is 2. The highest BCUT2D eigenvalue weighted by atomic mass is 35.5. The van der Waals surface area contributed by atoms with Gasteiger partial charge in [-0.25, -0.2) is 9.37 Å². The van der Waals surface area contributed by atoms with Gasteiger partial charge in [0.15, 0.2) is 0 Å². The Bertz CT molecular complexity index is 634. The minimum absolute atomic E-state index is 0.0444. The number of nitrogens with two attached hydrogens (primary N) is 1. The molecule has 0 amide bonds. The molecule has 0 spiro atoms. The standard InChI is InChI=1S/C14H15ClFN3O/c1-3-4-12-18-13(17)8(2)14(19-12)20-9-5-6-10(15)11(16)7-9/h5-7H,3-4H2,1-2H3,(H2,17,18,19). The number of benzene rings is 1. The molecule has 1 heterocycles. The summed E-state index contributed by atoms with van der Waals surface area (Å²) in [6.07, 6.45) is 1.60. The van der Waals surface area contributed by atoms with Gasteiger partial charge < -0.3 is 10.5 Å². The first-order valence-corrected chi connectivity index (χ1v) is 6.65. The second-order valence-electron chi connectivity index (χ2n) is 4.38. The maximum atomic E-state index is 13.4. The smallest absolute Gasteiger partial charge is 0.227 e. The Morgan fingerprint density at radius 3 is 2.75 bits per heavy atom. The van der Waals surface area contributed by atoms with Crippen molar-refractivity contribution >= 4 is 17.4 Å². The average molecular weight is 296 g/mol. The maximum Gasteiger partial charge on any atom is 0.227 e. The molecule has 4 nitrogen and oxygen atoms in total. The van der Waals surface area contributed by atoms with Gasteiger partial charge in [0.05, 0.1) is 10.6 Å². The van der Waals surface area contributed by atoms with Gasteiger partial charge in [-0.05, 0) is 25.5 Å². The summed E-state index contributed by atoms with van der Waals surface area (Å²) in [5.41, 5.74) is 6.46. The van der Waals surface area contributed by atoms with E-state index in [4.69, 9.17) is 22.1 Å². The van der Waals surface area contributed by atoms with Crippen molar-refractivity contribution in [2.45, 2.75) is 26.7 Å². The van der Waals surface area contributed by atoms with Crippen LogP contribution < -0.4 is 10.5 Å². The summed E-state index contributed by atoms with van der Waals surface area (Å²) in [4.78, 5) is 8.49. The molecule has 1 aromatic heterocycles. The number of anilines is 1. The number of nitrogen functional groups attached to an aromatic ring is 1. The molecule has 106 valence electrons. The van der Waals surface area contributed by atoms with E-state index in [1.54, 1.807) is 13.0 Å². The average Bonchev–Trinajstić information content (AvgIpc) is 2.40. The van der Waals surface area contributed by atoms with Crippen molar-refractivity contribution in [3.05, 3.63) is 40.4 Å². The molecule has 0 bridgehead atoms. The second kappa shape index (κ2) is 6.05. The fourth-order valence-corrected chi connectivity index (χ4v) is 1.76. The monoisotopic (exact) mass is 295 g/mol. The predicted molar refractivity (Wildman–Crippen MR) is 76.7 cm³/mol. The largest absolute Gasteiger partial charge is 0.438 e. The predicted octanol–water partition coefficient (Wildman–Crippen LogP) is 3.90. The number of hydrogen-bond acceptors (Lipinski definition) is 4. The van der Waals surface area contributed by atoms with Crippen LogP contribution in [0.15, 0.2) is 18.2 Å². The molecule has 0 saturated carbocycles. The normalized spacial score (nSPS) is 10.6. The lowest BCUT2D eigenvalue weighted by Gasteiger charge is -2.11. The molecule has 0 unspecified atom stereocenters. The van der Waals surface area contributed by atoms with Crippen LogP contribution in [-0.4, -0.2) is 9.97 Å². The Balaban J connectivity index is 2.34. The zero-order valence-corrected chi connectivity index (χ0v) is 12.0. The molecule has 0 aliphatic rings. The van der Waals surface area contributed by atoms with Crippen molar-refractivity contribution in [2.24, 2.45) is 0 Å². The second-order valence-corrected chi connectivity index (χ2v) is 4.79. The van der Waals surface area contributed by atoms with Gasteiger partial charge in [-0.1, -0.05) is 18.5 Å². The van der Waals surface area contributed by atoms with Crippen LogP contribution in [0.2, 0.25) is 5.02 Å². The van der Waals surface area contributed by atoms with Gasteiger partial charge in [0.1, 0.15) is 23.2 Å². The quantitative estimate of drug-likeness (QED) is 0.929. The molecule has 20 heavy (non-hydrogen) atoms. The van der Waals surface area contributed by atoms with Crippen LogP contribution in [0.3, 0.4) is 0 Å². The Hall–Kier alpha value is -1.88. The lowest BCUT2D eigenvalue weighted by atomic mass is 10.3. The van der Waals surface area contributed by atoms with Crippen LogP contribution in [0, 0.1) is 12.7 Å². The number of halogens is 2. The van der Waals surface area contributed by atoms with Gasteiger partial charge in [0.2, 0.25) is 5.88 Å². The van der Waals surface area contributed by atoms with Crippen molar-refractivity contribution in [2.75, 3.05) is 5.73 Å². The van der Waals surface area contributed by atoms with Gasteiger partial charge in [-0.15, -0.1) is 0 Å². The van der Waals surface area contributed by atoms with Crippen LogP contribution in [0.4, 0.5) is 10.2 Å². The van der Waals surface area contributed by atoms with Gasteiger partial charge in [0.25, 0.3) is 0 Å². The zero-order chi connectivity index (χ0) is 14.7. The Labute approximate surface area is 121 Å². The van der Waals surface area contributed by atoms with E-state index in [2.05, 4.69) is 9.97 Å². The van der Waals surface area contributed by atoms with Crippen LogP contribution in [0.5, 0.6) is 11.6 Å². The van der Waals surface area contributed by atoms with E-state index in [9.17, 15) is 4.39 Å². The first-order valence-electron chi connectivity index (χ1n) is 6.27. The Morgan fingerprint density at radius 2 is 2.10 bits per heavy atom. The van der Waals surface area contributed by atoms with E-state index in [0.717, 1.165) is 6.42 Å². The summed E-state index contributed by atoms with van der Waals surface area (Å²) in [7, 11) is 0. The van der Waals surface area contributed by atoms with Gasteiger partial charge in [-0.3, -0.25) is 0 Å². The number of nitrogens with zero attached hydrogens (tertiary/aromatic N) is 2. The maximum absolute atomic E-state index is 13.4. The van der Waals surface area contributed by atoms with Crippen LogP contribution in [-0.2, 0) is 6.42 Å². The SMILES string of the molecule is CCCc1nc(N)c(C)c(Oc2ccc(Cl)c(F)c2)n1. The van der Waals surface area contributed by atoms with E-state index in [-0.39, 0.29) is 5.02 Å². The number of ether oxygens (including phenoxy) is 1. The van der Waals surface area contributed by atoms with Crippen LogP contribution >= 0.6 is 11.6 Å². The molecule has 6 heteroatoms. The summed E-state index contributed by atoms with van der Waals surface area (Å²) in [5.74, 6) is 1.09. The highest BCUT2D eigenvalue weighted by Gasteiger charge is 2.11. The van der Waals surface area contributed by atoms with Gasteiger partial charge >= 0.3 is 0 Å². The summed E-state index contributed by atoms with van der Waals surface area (Å²) >= 11 is 5.63. The summed E-state index contributed by atoms with van der Waals surface area (Å²) in [6.45, 7) is 3.78. The van der Waals surface area contributed by atoms with Crippen molar-refractivity contribution in [1.82, 2.24) is 9.97 Å². The van der Waals surface area contributed by atoms with Crippen molar-refractivity contribution in [3.63, 3.8) is 0 Å². The first-order chi connectivity index (χ1) is 9.51. The third-order valence-electron chi connectivity index (χ3n) is 2.76. The van der Waals surface area contributed by atoms with E-state index in [0.29, 0.717) is 35.3 Å². The fraction of sp³-hybridized carbons (Fsp3) is 0.286. The molecular formula is C14H15ClFN3O. The van der Waals surface area contributed by atoms with Crippen LogP contribution in [0.25, 0.3) is 0 Å². The van der Waals surface area contributed by atoms with E-state index in [1.165, 1.54) is 12.1 Å². The van der Waals surface area contributed by atoms with Gasteiger partial charge in [-0.2, -0.15) is 4.98 Å². The Morgan fingerprint density at radius 1 is 1.35 bits per heavy atom. The minimum atomic E-state index is -0.544. The summed E-state index contributed by atoms with van der Waals surface area (Å²) in [5, 5.41) is 0.0444. The third-order valence-corrected chi connectivity index (χ3v) is 3.07. The van der Waals surface area contributed by atoms with Crippen molar-refractivity contribution in [1.29, 1.82) is 0 Å².